The molecular formula is C13H28N2O. The first-order valence-corrected chi connectivity index (χ1v) is 6.86. The third kappa shape index (κ3) is 4.40. The lowest BCUT2D eigenvalue weighted by molar-refractivity contribution is 0.242. The molecule has 4 N–H and O–H groups in total. The van der Waals surface area contributed by atoms with Crippen LogP contribution in [0.2, 0.25) is 0 Å². The van der Waals surface area contributed by atoms with E-state index in [0.717, 1.165) is 19.5 Å². The molecule has 0 radical (unpaired) electrons. The van der Waals surface area contributed by atoms with Crippen LogP contribution in [0.4, 0.5) is 0 Å². The second-order valence-electron chi connectivity index (χ2n) is 5.11. The highest BCUT2D eigenvalue weighted by Gasteiger charge is 2.25. The van der Waals surface area contributed by atoms with E-state index in [9.17, 15) is 0 Å². The van der Waals surface area contributed by atoms with E-state index in [2.05, 4.69) is 12.2 Å². The van der Waals surface area contributed by atoms with Crippen LogP contribution in [-0.4, -0.2) is 30.8 Å². The van der Waals surface area contributed by atoms with Crippen LogP contribution in [0.3, 0.4) is 0 Å². The molecule has 0 amide bonds. The van der Waals surface area contributed by atoms with Crippen molar-refractivity contribution in [2.75, 3.05) is 19.7 Å². The Morgan fingerprint density at radius 3 is 2.81 bits per heavy atom. The van der Waals surface area contributed by atoms with Crippen LogP contribution in [0.5, 0.6) is 0 Å². The fourth-order valence-electron chi connectivity index (χ4n) is 2.85. The van der Waals surface area contributed by atoms with E-state index in [1.165, 1.54) is 32.1 Å². The first kappa shape index (κ1) is 13.9. The maximum atomic E-state index is 9.01. The van der Waals surface area contributed by atoms with Gasteiger partial charge in [-0.25, -0.2) is 0 Å². The Bertz CT molecular complexity index is 169. The van der Waals surface area contributed by atoms with E-state index in [0.29, 0.717) is 24.5 Å². The minimum atomic E-state index is 0.317. The fourth-order valence-corrected chi connectivity index (χ4v) is 2.85. The lowest BCUT2D eigenvalue weighted by atomic mass is 9.98. The monoisotopic (exact) mass is 228 g/mol. The molecule has 0 aromatic heterocycles. The number of hydrogen-bond donors (Lipinski definition) is 3. The molecule has 1 fully saturated rings. The van der Waals surface area contributed by atoms with Crippen LogP contribution in [0.15, 0.2) is 0 Å². The van der Waals surface area contributed by atoms with Gasteiger partial charge in [0.1, 0.15) is 0 Å². The molecule has 16 heavy (non-hydrogen) atoms. The molecule has 0 aromatic rings. The van der Waals surface area contributed by atoms with E-state index in [1.54, 1.807) is 0 Å². The first-order valence-electron chi connectivity index (χ1n) is 6.86. The van der Waals surface area contributed by atoms with Crippen molar-refractivity contribution < 1.29 is 5.11 Å². The van der Waals surface area contributed by atoms with E-state index in [-0.39, 0.29) is 0 Å². The molecule has 0 bridgehead atoms. The highest BCUT2D eigenvalue weighted by molar-refractivity contribution is 4.84. The summed E-state index contributed by atoms with van der Waals surface area (Å²) < 4.78 is 0. The predicted molar refractivity (Wildman–Crippen MR) is 68.3 cm³/mol. The van der Waals surface area contributed by atoms with Crippen molar-refractivity contribution in [3.63, 3.8) is 0 Å². The molecule has 3 heteroatoms. The molecule has 1 saturated carbocycles. The zero-order chi connectivity index (χ0) is 11.8. The van der Waals surface area contributed by atoms with Crippen molar-refractivity contribution in [1.29, 1.82) is 0 Å². The van der Waals surface area contributed by atoms with Crippen molar-refractivity contribution in [3.05, 3.63) is 0 Å². The lowest BCUT2D eigenvalue weighted by Crippen LogP contribution is -2.38. The van der Waals surface area contributed by atoms with Gasteiger partial charge in [0, 0.05) is 12.6 Å². The highest BCUT2D eigenvalue weighted by atomic mass is 16.3. The number of nitrogens with one attached hydrogen (secondary N) is 1. The summed E-state index contributed by atoms with van der Waals surface area (Å²) >= 11 is 0. The van der Waals surface area contributed by atoms with Crippen molar-refractivity contribution in [2.45, 2.75) is 51.5 Å². The van der Waals surface area contributed by atoms with Gasteiger partial charge in [0.25, 0.3) is 0 Å². The third-order valence-corrected chi connectivity index (χ3v) is 3.86. The average molecular weight is 228 g/mol. The maximum absolute atomic E-state index is 9.01. The summed E-state index contributed by atoms with van der Waals surface area (Å²) in [5.41, 5.74) is 5.77. The standard InChI is InChI=1S/C13H28N2O/c1-2-4-11(7-8-16)10-15-13-6-3-5-12(13)9-14/h11-13,15-16H,2-10,14H2,1H3. The Kier molecular flexibility index (Phi) is 7.01. The normalized spacial score (nSPS) is 27.2. The van der Waals surface area contributed by atoms with Gasteiger partial charge in [-0.1, -0.05) is 19.8 Å². The molecule has 1 rings (SSSR count). The van der Waals surface area contributed by atoms with Gasteiger partial charge in [-0.2, -0.15) is 0 Å². The topological polar surface area (TPSA) is 58.3 Å². The second-order valence-corrected chi connectivity index (χ2v) is 5.11. The number of rotatable bonds is 8. The van der Waals surface area contributed by atoms with E-state index < -0.39 is 0 Å². The van der Waals surface area contributed by atoms with Gasteiger partial charge in [-0.3, -0.25) is 0 Å². The van der Waals surface area contributed by atoms with E-state index in [4.69, 9.17) is 10.8 Å². The molecule has 0 heterocycles. The summed E-state index contributed by atoms with van der Waals surface area (Å²) in [4.78, 5) is 0. The zero-order valence-electron chi connectivity index (χ0n) is 10.6. The number of aliphatic hydroxyl groups is 1. The quantitative estimate of drug-likeness (QED) is 0.590. The molecule has 1 aliphatic carbocycles. The Morgan fingerprint density at radius 1 is 1.38 bits per heavy atom. The van der Waals surface area contributed by atoms with Crippen LogP contribution in [0.25, 0.3) is 0 Å². The summed E-state index contributed by atoms with van der Waals surface area (Å²) in [6.45, 7) is 4.39. The molecule has 1 aliphatic rings. The van der Waals surface area contributed by atoms with Crippen molar-refractivity contribution >= 4 is 0 Å². The lowest BCUT2D eigenvalue weighted by Gasteiger charge is -2.23. The summed E-state index contributed by atoms with van der Waals surface area (Å²) in [7, 11) is 0. The first-order chi connectivity index (χ1) is 7.81. The largest absolute Gasteiger partial charge is 0.396 e. The van der Waals surface area contributed by atoms with Gasteiger partial charge in [-0.15, -0.1) is 0 Å². The minimum absolute atomic E-state index is 0.317. The fraction of sp³-hybridized carbons (Fsp3) is 1.00. The molecule has 96 valence electrons. The number of hydrogen-bond acceptors (Lipinski definition) is 3. The third-order valence-electron chi connectivity index (χ3n) is 3.86. The number of nitrogens with two attached hydrogens (primary N) is 1. The molecule has 3 nitrogen and oxygen atoms in total. The average Bonchev–Trinajstić information content (AvgIpc) is 2.74. The van der Waals surface area contributed by atoms with E-state index >= 15 is 0 Å². The number of aliphatic hydroxyl groups excluding tert-OH is 1. The highest BCUT2D eigenvalue weighted by Crippen LogP contribution is 2.25. The summed E-state index contributed by atoms with van der Waals surface area (Å²) in [6.07, 6.45) is 7.23. The maximum Gasteiger partial charge on any atom is 0.0434 e. The van der Waals surface area contributed by atoms with Gasteiger partial charge in [0.2, 0.25) is 0 Å². The van der Waals surface area contributed by atoms with Crippen LogP contribution in [0.1, 0.15) is 45.4 Å². The summed E-state index contributed by atoms with van der Waals surface area (Å²) in [5, 5.41) is 12.7. The molecule has 0 aromatic carbocycles. The Labute approximate surface area is 99.8 Å². The van der Waals surface area contributed by atoms with E-state index in [1.807, 2.05) is 0 Å². The smallest absolute Gasteiger partial charge is 0.0434 e. The molecule has 0 saturated heterocycles. The van der Waals surface area contributed by atoms with Gasteiger partial charge in [0.05, 0.1) is 0 Å². The SMILES string of the molecule is CCCC(CCO)CNC1CCCC1CN. The van der Waals surface area contributed by atoms with Gasteiger partial charge in [0.15, 0.2) is 0 Å². The zero-order valence-corrected chi connectivity index (χ0v) is 10.6. The molecular weight excluding hydrogens is 200 g/mol. The molecule has 0 spiro atoms. The second kappa shape index (κ2) is 8.04. The van der Waals surface area contributed by atoms with Crippen molar-refractivity contribution in [1.82, 2.24) is 5.32 Å². The van der Waals surface area contributed by atoms with Crippen molar-refractivity contribution in [3.8, 4) is 0 Å². The Hall–Kier alpha value is -0.120. The molecule has 0 aliphatic heterocycles. The molecule has 3 unspecified atom stereocenters. The van der Waals surface area contributed by atoms with Gasteiger partial charge >= 0.3 is 0 Å². The van der Waals surface area contributed by atoms with Crippen molar-refractivity contribution in [2.24, 2.45) is 17.6 Å². The summed E-state index contributed by atoms with van der Waals surface area (Å²) in [5.74, 6) is 1.31. The van der Waals surface area contributed by atoms with Crippen LogP contribution >= 0.6 is 0 Å². The van der Waals surface area contributed by atoms with Crippen LogP contribution in [0, 0.1) is 11.8 Å². The van der Waals surface area contributed by atoms with Crippen LogP contribution in [-0.2, 0) is 0 Å². The predicted octanol–water partition coefficient (Wildman–Crippen LogP) is 1.50. The minimum Gasteiger partial charge on any atom is -0.396 e. The molecule has 3 atom stereocenters. The van der Waals surface area contributed by atoms with Gasteiger partial charge in [-0.05, 0) is 50.6 Å². The summed E-state index contributed by atoms with van der Waals surface area (Å²) in [6, 6.07) is 0.628. The Balaban J connectivity index is 2.24. The Morgan fingerprint density at radius 2 is 2.19 bits per heavy atom. The van der Waals surface area contributed by atoms with Crippen LogP contribution < -0.4 is 11.1 Å². The van der Waals surface area contributed by atoms with Gasteiger partial charge < -0.3 is 16.2 Å².